The molecule has 0 saturated heterocycles. The summed E-state index contributed by atoms with van der Waals surface area (Å²) in [4.78, 5) is 16.3. The minimum atomic E-state index is -0.198. The number of carbonyl (C=O) groups is 1. The lowest BCUT2D eigenvalue weighted by molar-refractivity contribution is -0.116. The maximum atomic E-state index is 12.2. The van der Waals surface area contributed by atoms with Crippen molar-refractivity contribution in [3.63, 3.8) is 0 Å². The topological polar surface area (TPSA) is 84.2 Å². The minimum Gasteiger partial charge on any atom is -0.493 e. The van der Waals surface area contributed by atoms with Crippen LogP contribution in [0.5, 0.6) is 11.5 Å². The van der Waals surface area contributed by atoms with Gasteiger partial charge in [-0.2, -0.15) is 5.26 Å². The summed E-state index contributed by atoms with van der Waals surface area (Å²) in [5, 5.41) is 11.3. The van der Waals surface area contributed by atoms with E-state index in [4.69, 9.17) is 14.7 Å². The number of unbranched alkanes of at least 4 members (excludes halogenated alkanes) is 1. The lowest BCUT2D eigenvalue weighted by atomic mass is 10.1. The first-order valence-electron chi connectivity index (χ1n) is 8.55. The van der Waals surface area contributed by atoms with Gasteiger partial charge in [0.25, 0.3) is 0 Å². The van der Waals surface area contributed by atoms with Gasteiger partial charge < -0.3 is 14.8 Å². The van der Waals surface area contributed by atoms with Crippen LogP contribution in [-0.2, 0) is 4.79 Å². The van der Waals surface area contributed by atoms with Crippen molar-refractivity contribution in [3.8, 4) is 17.6 Å². The Kier molecular flexibility index (Phi) is 7.44. The van der Waals surface area contributed by atoms with Crippen LogP contribution >= 0.6 is 0 Å². The number of benzene rings is 1. The molecule has 6 heteroatoms. The van der Waals surface area contributed by atoms with E-state index in [1.807, 2.05) is 32.0 Å². The summed E-state index contributed by atoms with van der Waals surface area (Å²) >= 11 is 0. The Morgan fingerprint density at radius 3 is 2.73 bits per heavy atom. The predicted molar refractivity (Wildman–Crippen MR) is 99.2 cm³/mol. The van der Waals surface area contributed by atoms with E-state index in [0.717, 1.165) is 16.9 Å². The molecule has 2 rings (SSSR count). The molecule has 1 amide bonds. The fourth-order valence-corrected chi connectivity index (χ4v) is 2.26. The maximum absolute atomic E-state index is 12.2. The van der Waals surface area contributed by atoms with Crippen molar-refractivity contribution in [2.45, 2.75) is 33.1 Å². The number of nitriles is 1. The van der Waals surface area contributed by atoms with Gasteiger partial charge in [0, 0.05) is 12.6 Å². The van der Waals surface area contributed by atoms with E-state index in [9.17, 15) is 4.79 Å². The van der Waals surface area contributed by atoms with Crippen molar-refractivity contribution in [2.24, 2.45) is 0 Å². The quantitative estimate of drug-likeness (QED) is 0.693. The van der Waals surface area contributed by atoms with E-state index < -0.39 is 0 Å². The molecule has 1 N–H and O–H groups in total. The molecular weight excluding hydrogens is 330 g/mol. The van der Waals surface area contributed by atoms with Crippen LogP contribution in [0.3, 0.4) is 0 Å². The van der Waals surface area contributed by atoms with Gasteiger partial charge in [-0.05, 0) is 49.6 Å². The number of aryl methyl sites for hydroxylation is 1. The number of ether oxygens (including phenoxy) is 2. The summed E-state index contributed by atoms with van der Waals surface area (Å²) in [6.07, 6.45) is 2.85. The lowest BCUT2D eigenvalue weighted by Crippen LogP contribution is -2.17. The van der Waals surface area contributed by atoms with Gasteiger partial charge in [-0.15, -0.1) is 0 Å². The van der Waals surface area contributed by atoms with Crippen LogP contribution in [0.2, 0.25) is 0 Å². The Morgan fingerprint density at radius 2 is 1.92 bits per heavy atom. The smallest absolute Gasteiger partial charge is 0.229 e. The largest absolute Gasteiger partial charge is 0.493 e. The molecule has 0 fully saturated rings. The Balaban J connectivity index is 1.84. The highest BCUT2D eigenvalue weighted by Crippen LogP contribution is 2.22. The van der Waals surface area contributed by atoms with Crippen molar-refractivity contribution < 1.29 is 14.3 Å². The number of anilines is 1. The Labute approximate surface area is 153 Å². The van der Waals surface area contributed by atoms with Crippen LogP contribution in [0.25, 0.3) is 0 Å². The predicted octanol–water partition coefficient (Wildman–Crippen LogP) is 3.79. The second kappa shape index (κ2) is 10.0. The summed E-state index contributed by atoms with van der Waals surface area (Å²) in [5.41, 5.74) is 2.23. The number of amides is 1. The van der Waals surface area contributed by atoms with Crippen molar-refractivity contribution in [3.05, 3.63) is 47.7 Å². The molecule has 0 radical (unpaired) electrons. The molecule has 0 aliphatic rings. The number of aromatic nitrogens is 1. The average molecular weight is 353 g/mol. The molecule has 0 bridgehead atoms. The standard InChI is InChI=1S/C20H23N3O3/c1-15-7-5-8-17(16(15)2)26-14-10-19(24)23-20-18(9-6-12-22-20)25-13-4-3-11-21/h5-9,12H,3-4,10,13-14H2,1-2H3,(H,22,23,24). The van der Waals surface area contributed by atoms with E-state index in [0.29, 0.717) is 31.0 Å². The minimum absolute atomic E-state index is 0.198. The summed E-state index contributed by atoms with van der Waals surface area (Å²) in [6, 6.07) is 11.4. The van der Waals surface area contributed by atoms with Crippen LogP contribution in [0.15, 0.2) is 36.5 Å². The highest BCUT2D eigenvalue weighted by atomic mass is 16.5. The van der Waals surface area contributed by atoms with Crippen molar-refractivity contribution in [1.82, 2.24) is 4.98 Å². The third kappa shape index (κ3) is 5.78. The molecule has 0 spiro atoms. The van der Waals surface area contributed by atoms with Crippen LogP contribution in [0, 0.1) is 25.2 Å². The Morgan fingerprint density at radius 1 is 1.15 bits per heavy atom. The number of nitrogens with one attached hydrogen (secondary N) is 1. The van der Waals surface area contributed by atoms with Gasteiger partial charge in [0.15, 0.2) is 11.6 Å². The average Bonchev–Trinajstić information content (AvgIpc) is 2.63. The second-order valence-electron chi connectivity index (χ2n) is 5.80. The van der Waals surface area contributed by atoms with E-state index in [-0.39, 0.29) is 18.9 Å². The fraction of sp³-hybridized carbons (Fsp3) is 0.350. The molecule has 1 aromatic carbocycles. The van der Waals surface area contributed by atoms with Crippen molar-refractivity contribution >= 4 is 11.7 Å². The van der Waals surface area contributed by atoms with Crippen LogP contribution in [0.1, 0.15) is 30.4 Å². The maximum Gasteiger partial charge on any atom is 0.229 e. The molecule has 0 unspecified atom stereocenters. The Hall–Kier alpha value is -3.07. The van der Waals surface area contributed by atoms with Crippen molar-refractivity contribution in [1.29, 1.82) is 5.26 Å². The van der Waals surface area contributed by atoms with E-state index in [1.165, 1.54) is 0 Å². The first-order chi connectivity index (χ1) is 12.6. The Bertz CT molecular complexity index is 784. The normalized spacial score (nSPS) is 10.0. The van der Waals surface area contributed by atoms with E-state index in [2.05, 4.69) is 16.4 Å². The molecule has 0 aliphatic carbocycles. The molecular formula is C20H23N3O3. The summed E-state index contributed by atoms with van der Waals surface area (Å²) in [7, 11) is 0. The van der Waals surface area contributed by atoms with Gasteiger partial charge in [-0.3, -0.25) is 4.79 Å². The second-order valence-corrected chi connectivity index (χ2v) is 5.80. The number of nitrogens with zero attached hydrogens (tertiary/aromatic N) is 2. The number of hydrogen-bond acceptors (Lipinski definition) is 5. The van der Waals surface area contributed by atoms with Crippen LogP contribution in [-0.4, -0.2) is 24.1 Å². The molecule has 0 saturated carbocycles. The first kappa shape index (κ1) is 19.3. The van der Waals surface area contributed by atoms with Crippen LogP contribution in [0.4, 0.5) is 5.82 Å². The number of pyridine rings is 1. The van der Waals surface area contributed by atoms with Gasteiger partial charge in [-0.25, -0.2) is 4.98 Å². The SMILES string of the molecule is Cc1cccc(OCCC(=O)Nc2ncccc2OCCCC#N)c1C. The zero-order valence-electron chi connectivity index (χ0n) is 15.1. The summed E-state index contributed by atoms with van der Waals surface area (Å²) < 4.78 is 11.3. The molecule has 6 nitrogen and oxygen atoms in total. The third-order valence-corrected chi connectivity index (χ3v) is 3.86. The molecule has 26 heavy (non-hydrogen) atoms. The summed E-state index contributed by atoms with van der Waals surface area (Å²) in [5.74, 6) is 1.46. The molecule has 2 aromatic rings. The summed E-state index contributed by atoms with van der Waals surface area (Å²) in [6.45, 7) is 4.70. The molecule has 1 aromatic heterocycles. The highest BCUT2D eigenvalue weighted by Gasteiger charge is 2.10. The molecule has 0 aliphatic heterocycles. The zero-order chi connectivity index (χ0) is 18.8. The third-order valence-electron chi connectivity index (χ3n) is 3.86. The lowest BCUT2D eigenvalue weighted by Gasteiger charge is -2.12. The van der Waals surface area contributed by atoms with Gasteiger partial charge in [0.2, 0.25) is 5.91 Å². The fourth-order valence-electron chi connectivity index (χ4n) is 2.26. The van der Waals surface area contributed by atoms with Gasteiger partial charge in [0.1, 0.15) is 5.75 Å². The monoisotopic (exact) mass is 353 g/mol. The first-order valence-corrected chi connectivity index (χ1v) is 8.55. The van der Waals surface area contributed by atoms with Gasteiger partial charge in [0.05, 0.1) is 25.7 Å². The van der Waals surface area contributed by atoms with E-state index >= 15 is 0 Å². The van der Waals surface area contributed by atoms with Crippen molar-refractivity contribution in [2.75, 3.05) is 18.5 Å². The van der Waals surface area contributed by atoms with Gasteiger partial charge in [-0.1, -0.05) is 12.1 Å². The number of rotatable bonds is 9. The zero-order valence-corrected chi connectivity index (χ0v) is 15.1. The molecule has 0 atom stereocenters. The molecule has 1 heterocycles. The number of hydrogen-bond donors (Lipinski definition) is 1. The van der Waals surface area contributed by atoms with Crippen LogP contribution < -0.4 is 14.8 Å². The van der Waals surface area contributed by atoms with Gasteiger partial charge >= 0.3 is 0 Å². The van der Waals surface area contributed by atoms with E-state index in [1.54, 1.807) is 18.3 Å². The highest BCUT2D eigenvalue weighted by molar-refractivity contribution is 5.91. The number of carbonyl (C=O) groups excluding carboxylic acids is 1. The molecule has 136 valence electrons.